The van der Waals surface area contributed by atoms with Crippen LogP contribution in [-0.4, -0.2) is 75.9 Å². The number of aromatic nitrogens is 2. The Morgan fingerprint density at radius 2 is 1.83 bits per heavy atom. The molecule has 35 heavy (non-hydrogen) atoms. The van der Waals surface area contributed by atoms with E-state index >= 15 is 0 Å². The maximum absolute atomic E-state index is 13.1. The van der Waals surface area contributed by atoms with Gasteiger partial charge >= 0.3 is 11.8 Å². The molecule has 0 saturated carbocycles. The van der Waals surface area contributed by atoms with Crippen LogP contribution in [-0.2, 0) is 28.2 Å². The molecule has 1 aromatic carbocycles. The average molecular weight is 487 g/mol. The van der Waals surface area contributed by atoms with E-state index in [4.69, 9.17) is 0 Å². The second-order valence-corrected chi connectivity index (χ2v) is 8.90. The lowest BCUT2D eigenvalue weighted by molar-refractivity contribution is -0.151. The molecule has 0 unspecified atom stereocenters. The molecule has 1 saturated heterocycles. The van der Waals surface area contributed by atoms with Gasteiger partial charge in [0, 0.05) is 46.8 Å². The van der Waals surface area contributed by atoms with Gasteiger partial charge in [-0.25, -0.2) is 9.37 Å². The first kappa shape index (κ1) is 24.3. The normalized spacial score (nSPS) is 16.5. The van der Waals surface area contributed by atoms with Crippen LogP contribution in [0.2, 0.25) is 0 Å². The highest BCUT2D eigenvalue weighted by Gasteiger charge is 2.44. The Morgan fingerprint density at radius 3 is 2.46 bits per heavy atom. The molecule has 1 aromatic heterocycles. The van der Waals surface area contributed by atoms with E-state index in [2.05, 4.69) is 15.6 Å². The molecule has 1 spiro atoms. The number of nitrogens with one attached hydrogen (secondary N) is 2. The van der Waals surface area contributed by atoms with Crippen LogP contribution in [0.1, 0.15) is 34.7 Å². The van der Waals surface area contributed by atoms with Gasteiger partial charge in [0.15, 0.2) is 5.69 Å². The number of aromatic hydroxyl groups is 1. The van der Waals surface area contributed by atoms with Crippen LogP contribution in [0.25, 0.3) is 0 Å². The molecule has 1 fully saturated rings. The van der Waals surface area contributed by atoms with Gasteiger partial charge in [-0.1, -0.05) is 12.1 Å². The van der Waals surface area contributed by atoms with Gasteiger partial charge in [0.2, 0.25) is 5.75 Å². The quantitative estimate of drug-likeness (QED) is 0.499. The number of rotatable bonds is 3. The topological polar surface area (TPSA) is 137 Å². The van der Waals surface area contributed by atoms with Crippen molar-refractivity contribution in [3.63, 3.8) is 0 Å². The standard InChI is InChI=1S/C23H27FN6O5/c1-28(2)20(34)21(35)29-10-7-23(8-11-29)22-27-16(17(31)19(33)30(22)12-9-26-23)18(32)25-13-14-3-5-15(24)6-4-14/h3-6,26,31H,7-13H2,1-2H3,(H,25,32). The summed E-state index contributed by atoms with van der Waals surface area (Å²) in [6, 6.07) is 5.56. The third kappa shape index (κ3) is 4.61. The van der Waals surface area contributed by atoms with Gasteiger partial charge in [0.1, 0.15) is 11.6 Å². The number of carbonyl (C=O) groups excluding carboxylic acids is 3. The zero-order valence-electron chi connectivity index (χ0n) is 19.5. The predicted octanol–water partition coefficient (Wildman–Crippen LogP) is -0.473. The smallest absolute Gasteiger partial charge is 0.312 e. The van der Waals surface area contributed by atoms with Gasteiger partial charge in [-0.3, -0.25) is 23.7 Å². The summed E-state index contributed by atoms with van der Waals surface area (Å²) < 4.78 is 14.5. The van der Waals surface area contributed by atoms with E-state index in [-0.39, 0.29) is 26.2 Å². The maximum Gasteiger partial charge on any atom is 0.312 e. The van der Waals surface area contributed by atoms with Crippen LogP contribution in [0.5, 0.6) is 5.75 Å². The molecule has 2 aliphatic rings. The van der Waals surface area contributed by atoms with E-state index < -0.39 is 46.1 Å². The number of benzene rings is 1. The average Bonchev–Trinajstić information content (AvgIpc) is 2.85. The van der Waals surface area contributed by atoms with Crippen molar-refractivity contribution in [2.24, 2.45) is 0 Å². The second-order valence-electron chi connectivity index (χ2n) is 8.90. The fraction of sp³-hybridized carbons (Fsp3) is 0.435. The Labute approximate surface area is 200 Å². The zero-order valence-corrected chi connectivity index (χ0v) is 19.5. The van der Waals surface area contributed by atoms with E-state index in [1.165, 1.54) is 52.7 Å². The highest BCUT2D eigenvalue weighted by Crippen LogP contribution is 2.34. The van der Waals surface area contributed by atoms with Crippen molar-refractivity contribution in [3.05, 3.63) is 57.5 Å². The molecule has 0 radical (unpaired) electrons. The van der Waals surface area contributed by atoms with Crippen molar-refractivity contribution in [2.75, 3.05) is 33.7 Å². The van der Waals surface area contributed by atoms with E-state index in [1.54, 1.807) is 0 Å². The molecule has 0 atom stereocenters. The fourth-order valence-corrected chi connectivity index (χ4v) is 4.45. The molecular weight excluding hydrogens is 459 g/mol. The first-order chi connectivity index (χ1) is 16.6. The van der Waals surface area contributed by atoms with Gasteiger partial charge < -0.3 is 25.5 Å². The lowest BCUT2D eigenvalue weighted by Gasteiger charge is -2.45. The third-order valence-electron chi connectivity index (χ3n) is 6.45. The Hall–Kier alpha value is -3.80. The molecule has 11 nitrogen and oxygen atoms in total. The zero-order chi connectivity index (χ0) is 25.3. The number of carbonyl (C=O) groups is 3. The number of hydrogen-bond acceptors (Lipinski definition) is 7. The van der Waals surface area contributed by atoms with Crippen molar-refractivity contribution in [2.45, 2.75) is 31.5 Å². The third-order valence-corrected chi connectivity index (χ3v) is 6.45. The second kappa shape index (κ2) is 9.45. The van der Waals surface area contributed by atoms with Gasteiger partial charge in [0.25, 0.3) is 11.5 Å². The van der Waals surface area contributed by atoms with Crippen molar-refractivity contribution < 1.29 is 23.9 Å². The highest BCUT2D eigenvalue weighted by atomic mass is 19.1. The number of piperidine rings is 1. The molecule has 3 amide bonds. The maximum atomic E-state index is 13.1. The van der Waals surface area contributed by atoms with Crippen LogP contribution in [0.4, 0.5) is 4.39 Å². The van der Waals surface area contributed by atoms with Crippen LogP contribution in [0.3, 0.4) is 0 Å². The van der Waals surface area contributed by atoms with Crippen LogP contribution >= 0.6 is 0 Å². The lowest BCUT2D eigenvalue weighted by Crippen LogP contribution is -2.59. The number of hydrogen-bond donors (Lipinski definition) is 3. The summed E-state index contributed by atoms with van der Waals surface area (Å²) in [5.74, 6) is -2.79. The number of fused-ring (bicyclic) bond motifs is 2. The minimum atomic E-state index is -0.797. The van der Waals surface area contributed by atoms with Crippen LogP contribution in [0.15, 0.2) is 29.1 Å². The van der Waals surface area contributed by atoms with Crippen molar-refractivity contribution >= 4 is 17.7 Å². The summed E-state index contributed by atoms with van der Waals surface area (Å²) in [6.45, 7) is 1.27. The summed E-state index contributed by atoms with van der Waals surface area (Å²) >= 11 is 0. The van der Waals surface area contributed by atoms with Gasteiger partial charge in [-0.15, -0.1) is 0 Å². The van der Waals surface area contributed by atoms with Crippen LogP contribution in [0, 0.1) is 5.82 Å². The van der Waals surface area contributed by atoms with Crippen molar-refractivity contribution in [1.82, 2.24) is 30.0 Å². The Morgan fingerprint density at radius 1 is 1.17 bits per heavy atom. The summed E-state index contributed by atoms with van der Waals surface area (Å²) in [7, 11) is 3.02. The molecule has 2 aromatic rings. The largest absolute Gasteiger partial charge is 0.501 e. The molecule has 4 rings (SSSR count). The molecule has 0 aliphatic carbocycles. The monoisotopic (exact) mass is 486 g/mol. The molecule has 0 bridgehead atoms. The summed E-state index contributed by atoms with van der Waals surface area (Å²) in [5.41, 5.74) is -1.28. The number of likely N-dealkylation sites (tertiary alicyclic amines) is 1. The van der Waals surface area contributed by atoms with E-state index in [0.29, 0.717) is 30.8 Å². The highest BCUT2D eigenvalue weighted by molar-refractivity contribution is 6.34. The Balaban J connectivity index is 1.58. The van der Waals surface area contributed by atoms with E-state index in [1.807, 2.05) is 0 Å². The number of halogens is 1. The summed E-state index contributed by atoms with van der Waals surface area (Å²) in [6.07, 6.45) is 0.737. The molecule has 3 N–H and O–H groups in total. The van der Waals surface area contributed by atoms with E-state index in [9.17, 15) is 28.7 Å². The molecule has 186 valence electrons. The van der Waals surface area contributed by atoms with Gasteiger partial charge in [-0.2, -0.15) is 0 Å². The SMILES string of the molecule is CN(C)C(=O)C(=O)N1CCC2(CC1)NCCn1c2nc(C(=O)NCc2ccc(F)cc2)c(O)c1=O. The van der Waals surface area contributed by atoms with Crippen molar-refractivity contribution in [1.29, 1.82) is 0 Å². The minimum absolute atomic E-state index is 0.0546. The first-order valence-electron chi connectivity index (χ1n) is 11.3. The molecule has 3 heterocycles. The predicted molar refractivity (Wildman–Crippen MR) is 122 cm³/mol. The van der Waals surface area contributed by atoms with E-state index in [0.717, 1.165) is 0 Å². The number of nitrogens with zero attached hydrogens (tertiary/aromatic N) is 4. The molecular formula is C23H27FN6O5. The van der Waals surface area contributed by atoms with Crippen molar-refractivity contribution in [3.8, 4) is 5.75 Å². The Bertz CT molecular complexity index is 1220. The van der Waals surface area contributed by atoms with Crippen LogP contribution < -0.4 is 16.2 Å². The van der Waals surface area contributed by atoms with Gasteiger partial charge in [0.05, 0.1) is 5.54 Å². The minimum Gasteiger partial charge on any atom is -0.501 e. The first-order valence-corrected chi connectivity index (χ1v) is 11.3. The Kier molecular flexibility index (Phi) is 6.57. The number of amides is 3. The van der Waals surface area contributed by atoms with Gasteiger partial charge in [-0.05, 0) is 30.5 Å². The summed E-state index contributed by atoms with van der Waals surface area (Å²) in [4.78, 5) is 57.3. The fourth-order valence-electron chi connectivity index (χ4n) is 4.45. The summed E-state index contributed by atoms with van der Waals surface area (Å²) in [5, 5.41) is 16.4. The molecule has 12 heteroatoms. The lowest BCUT2D eigenvalue weighted by atomic mass is 9.84. The number of likely N-dealkylation sites (N-methyl/N-ethyl adjacent to an activating group) is 1. The molecule has 2 aliphatic heterocycles.